The maximum absolute atomic E-state index is 12.9. The molecule has 2 aromatic rings. The summed E-state index contributed by atoms with van der Waals surface area (Å²) in [4.78, 5) is 41.4. The fourth-order valence-electron chi connectivity index (χ4n) is 4.37. The Hall–Kier alpha value is -3.00. The zero-order valence-corrected chi connectivity index (χ0v) is 19.7. The summed E-state index contributed by atoms with van der Waals surface area (Å²) in [6.07, 6.45) is 1.47. The maximum Gasteiger partial charge on any atom is 0.266 e. The smallest absolute Gasteiger partial charge is 0.266 e. The van der Waals surface area contributed by atoms with Crippen LogP contribution < -0.4 is 4.90 Å². The van der Waals surface area contributed by atoms with Gasteiger partial charge in [-0.2, -0.15) is 0 Å². The molecule has 174 valence electrons. The summed E-state index contributed by atoms with van der Waals surface area (Å²) in [5, 5.41) is -0.385. The highest BCUT2D eigenvalue weighted by atomic mass is 32.2. The first-order chi connectivity index (χ1) is 15.7. The fraction of sp³-hybridized carbons (Fsp3) is 0.400. The van der Waals surface area contributed by atoms with Crippen molar-refractivity contribution in [3.05, 3.63) is 65.2 Å². The van der Waals surface area contributed by atoms with E-state index in [4.69, 9.17) is 0 Å². The molecule has 0 bridgehead atoms. The first-order valence-corrected chi connectivity index (χ1v) is 12.9. The number of amides is 3. The number of likely N-dealkylation sites (tertiary alicyclic amines) is 1. The molecular formula is C25H28N2O5S. The number of carbonyl (C=O) groups excluding carboxylic acids is 3. The van der Waals surface area contributed by atoms with Gasteiger partial charge < -0.3 is 4.90 Å². The van der Waals surface area contributed by atoms with Crippen molar-refractivity contribution in [3.8, 4) is 0 Å². The molecule has 7 nitrogen and oxygen atoms in total. The molecule has 3 amide bonds. The molecule has 33 heavy (non-hydrogen) atoms. The van der Waals surface area contributed by atoms with E-state index in [1.165, 1.54) is 0 Å². The van der Waals surface area contributed by atoms with Crippen LogP contribution in [0.5, 0.6) is 0 Å². The van der Waals surface area contributed by atoms with Gasteiger partial charge in [0.25, 0.3) is 11.8 Å². The summed E-state index contributed by atoms with van der Waals surface area (Å²) >= 11 is 0. The van der Waals surface area contributed by atoms with Crippen molar-refractivity contribution in [3.63, 3.8) is 0 Å². The summed E-state index contributed by atoms with van der Waals surface area (Å²) in [6, 6.07) is 13.7. The third-order valence-electron chi connectivity index (χ3n) is 6.47. The molecule has 1 saturated heterocycles. The molecule has 0 unspecified atom stereocenters. The van der Waals surface area contributed by atoms with E-state index in [-0.39, 0.29) is 41.1 Å². The lowest BCUT2D eigenvalue weighted by Crippen LogP contribution is -2.41. The molecule has 2 heterocycles. The first kappa shape index (κ1) is 23.2. The number of anilines is 1. The Morgan fingerprint density at radius 1 is 0.970 bits per heavy atom. The van der Waals surface area contributed by atoms with Gasteiger partial charge in [-0.15, -0.1) is 0 Å². The molecular weight excluding hydrogens is 440 g/mol. The predicted molar refractivity (Wildman–Crippen MR) is 126 cm³/mol. The van der Waals surface area contributed by atoms with Crippen molar-refractivity contribution in [2.75, 3.05) is 23.7 Å². The largest absolute Gasteiger partial charge is 0.342 e. The molecule has 0 radical (unpaired) electrons. The number of rotatable bonds is 6. The number of para-hydroxylation sites is 1. The Kier molecular flexibility index (Phi) is 6.38. The van der Waals surface area contributed by atoms with E-state index in [0.29, 0.717) is 48.3 Å². The minimum absolute atomic E-state index is 0.0585. The monoisotopic (exact) mass is 468 g/mol. The minimum Gasteiger partial charge on any atom is -0.342 e. The second-order valence-corrected chi connectivity index (χ2v) is 11.6. The molecule has 0 N–H and O–H groups in total. The molecule has 2 aromatic carbocycles. The number of hydrogen-bond acceptors (Lipinski definition) is 5. The highest BCUT2D eigenvalue weighted by Crippen LogP contribution is 2.29. The third kappa shape index (κ3) is 4.71. The second kappa shape index (κ2) is 9.09. The van der Waals surface area contributed by atoms with Crippen LogP contribution in [-0.4, -0.2) is 55.1 Å². The van der Waals surface area contributed by atoms with Gasteiger partial charge in [0, 0.05) is 13.1 Å². The van der Waals surface area contributed by atoms with Gasteiger partial charge >= 0.3 is 0 Å². The lowest BCUT2D eigenvalue weighted by atomic mass is 9.98. The van der Waals surface area contributed by atoms with E-state index in [0.717, 1.165) is 4.90 Å². The van der Waals surface area contributed by atoms with Crippen LogP contribution in [0, 0.1) is 5.92 Å². The van der Waals surface area contributed by atoms with Gasteiger partial charge in [-0.25, -0.2) is 13.3 Å². The van der Waals surface area contributed by atoms with Crippen LogP contribution >= 0.6 is 0 Å². The average molecular weight is 469 g/mol. The SMILES string of the molecule is CC(C)S(=O)(=O)CC1CCN(C(=O)Cc2ccc3c(c2)C(=O)N(c2ccccc2)C3=O)CC1. The molecule has 0 spiro atoms. The van der Waals surface area contributed by atoms with Crippen molar-refractivity contribution in [1.82, 2.24) is 4.90 Å². The number of piperidine rings is 1. The number of fused-ring (bicyclic) bond motifs is 1. The quantitative estimate of drug-likeness (QED) is 0.608. The predicted octanol–water partition coefficient (Wildman–Crippen LogP) is 3.09. The molecule has 2 aliphatic rings. The van der Waals surface area contributed by atoms with E-state index in [1.807, 2.05) is 6.07 Å². The van der Waals surface area contributed by atoms with Gasteiger partial charge in [-0.1, -0.05) is 24.3 Å². The van der Waals surface area contributed by atoms with E-state index in [1.54, 1.807) is 61.2 Å². The Morgan fingerprint density at radius 2 is 1.61 bits per heavy atom. The van der Waals surface area contributed by atoms with Crippen molar-refractivity contribution < 1.29 is 22.8 Å². The fourth-order valence-corrected chi connectivity index (χ4v) is 5.74. The van der Waals surface area contributed by atoms with Crippen LogP contribution in [-0.2, 0) is 21.1 Å². The van der Waals surface area contributed by atoms with Crippen LogP contribution in [0.1, 0.15) is 53.0 Å². The van der Waals surface area contributed by atoms with Crippen LogP contribution in [0.25, 0.3) is 0 Å². The van der Waals surface area contributed by atoms with E-state index in [2.05, 4.69) is 0 Å². The molecule has 2 aliphatic heterocycles. The molecule has 1 fully saturated rings. The Labute approximate surface area is 194 Å². The minimum atomic E-state index is -3.09. The summed E-state index contributed by atoms with van der Waals surface area (Å²) < 4.78 is 24.4. The number of carbonyl (C=O) groups is 3. The molecule has 0 atom stereocenters. The van der Waals surface area contributed by atoms with Gasteiger partial charge in [-0.3, -0.25) is 14.4 Å². The summed E-state index contributed by atoms with van der Waals surface area (Å²) in [7, 11) is -3.09. The molecule has 0 aliphatic carbocycles. The van der Waals surface area contributed by atoms with Gasteiger partial charge in [0.1, 0.15) is 0 Å². The highest BCUT2D eigenvalue weighted by Gasteiger charge is 2.37. The van der Waals surface area contributed by atoms with Crippen molar-refractivity contribution >= 4 is 33.2 Å². The summed E-state index contributed by atoms with van der Waals surface area (Å²) in [6.45, 7) is 4.45. The molecule has 0 aromatic heterocycles. The number of nitrogens with zero attached hydrogens (tertiary/aromatic N) is 2. The van der Waals surface area contributed by atoms with Crippen molar-refractivity contribution in [2.24, 2.45) is 5.92 Å². The Bertz CT molecular complexity index is 1180. The molecule has 8 heteroatoms. The standard InChI is InChI=1S/C25H28N2O5S/c1-17(2)33(31,32)16-18-10-12-26(13-11-18)23(28)15-19-8-9-21-22(14-19)25(30)27(24(21)29)20-6-4-3-5-7-20/h3-9,14,17-18H,10-13,15-16H2,1-2H3. The van der Waals surface area contributed by atoms with E-state index >= 15 is 0 Å². The maximum atomic E-state index is 12.9. The highest BCUT2D eigenvalue weighted by molar-refractivity contribution is 7.91. The van der Waals surface area contributed by atoms with Crippen LogP contribution in [0.4, 0.5) is 5.69 Å². The number of benzene rings is 2. The molecule has 0 saturated carbocycles. The van der Waals surface area contributed by atoms with E-state index < -0.39 is 9.84 Å². The van der Waals surface area contributed by atoms with E-state index in [9.17, 15) is 22.8 Å². The van der Waals surface area contributed by atoms with Crippen molar-refractivity contribution in [2.45, 2.75) is 38.4 Å². The van der Waals surface area contributed by atoms with Gasteiger partial charge in [-0.05, 0) is 62.4 Å². The second-order valence-electron chi connectivity index (χ2n) is 9.04. The lowest BCUT2D eigenvalue weighted by Gasteiger charge is -2.32. The third-order valence-corrected chi connectivity index (χ3v) is 8.85. The first-order valence-electron chi connectivity index (χ1n) is 11.2. The van der Waals surface area contributed by atoms with Crippen LogP contribution in [0.2, 0.25) is 0 Å². The average Bonchev–Trinajstić information content (AvgIpc) is 3.04. The summed E-state index contributed by atoms with van der Waals surface area (Å²) in [5.41, 5.74) is 1.85. The number of hydrogen-bond donors (Lipinski definition) is 0. The Balaban J connectivity index is 1.40. The Morgan fingerprint density at radius 3 is 2.24 bits per heavy atom. The number of sulfone groups is 1. The normalized spacial score (nSPS) is 17.1. The number of imide groups is 1. The lowest BCUT2D eigenvalue weighted by molar-refractivity contribution is -0.131. The molecule has 4 rings (SSSR count). The van der Waals surface area contributed by atoms with Gasteiger partial charge in [0.15, 0.2) is 9.84 Å². The van der Waals surface area contributed by atoms with Gasteiger partial charge in [0.2, 0.25) is 5.91 Å². The van der Waals surface area contributed by atoms with Crippen LogP contribution in [0.15, 0.2) is 48.5 Å². The zero-order chi connectivity index (χ0) is 23.8. The zero-order valence-electron chi connectivity index (χ0n) is 18.9. The van der Waals surface area contributed by atoms with Gasteiger partial charge in [0.05, 0.1) is 34.2 Å². The van der Waals surface area contributed by atoms with Crippen LogP contribution in [0.3, 0.4) is 0 Å². The van der Waals surface area contributed by atoms with Crippen molar-refractivity contribution in [1.29, 1.82) is 0 Å². The summed E-state index contributed by atoms with van der Waals surface area (Å²) in [5.74, 6) is -0.558. The topological polar surface area (TPSA) is 91.8 Å².